The third kappa shape index (κ3) is 1.35. The summed E-state index contributed by atoms with van der Waals surface area (Å²) in [6.07, 6.45) is 2.74. The number of hydrogen-bond donors (Lipinski definition) is 1. The largest absolute Gasteiger partial charge is 0.355 e. The molecule has 1 amide bonds. The van der Waals surface area contributed by atoms with Crippen molar-refractivity contribution >= 4 is 11.7 Å². The molecule has 0 bridgehead atoms. The summed E-state index contributed by atoms with van der Waals surface area (Å²) in [5.74, 6) is 1.07. The molecule has 4 nitrogen and oxygen atoms in total. The van der Waals surface area contributed by atoms with Crippen molar-refractivity contribution in [1.29, 1.82) is 0 Å². The van der Waals surface area contributed by atoms with Crippen LogP contribution in [0.2, 0.25) is 0 Å². The zero-order valence-electron chi connectivity index (χ0n) is 7.86. The second-order valence-electron chi connectivity index (χ2n) is 3.71. The third-order valence-corrected chi connectivity index (χ3v) is 2.86. The third-order valence-electron chi connectivity index (χ3n) is 2.86. The van der Waals surface area contributed by atoms with Crippen LogP contribution in [0.4, 0.5) is 0 Å². The highest BCUT2D eigenvalue weighted by Crippen LogP contribution is 2.18. The molecule has 0 radical (unpaired) electrons. The van der Waals surface area contributed by atoms with Crippen molar-refractivity contribution < 1.29 is 14.5 Å². The van der Waals surface area contributed by atoms with Crippen LogP contribution >= 0.6 is 0 Å². The van der Waals surface area contributed by atoms with Crippen molar-refractivity contribution in [2.24, 2.45) is 0 Å². The van der Waals surface area contributed by atoms with Gasteiger partial charge in [0, 0.05) is 6.42 Å². The first-order valence-corrected chi connectivity index (χ1v) is 4.77. The van der Waals surface area contributed by atoms with Crippen molar-refractivity contribution in [2.75, 3.05) is 13.6 Å². The minimum Gasteiger partial charge on any atom is -0.355 e. The molecule has 2 heterocycles. The van der Waals surface area contributed by atoms with E-state index >= 15 is 0 Å². The summed E-state index contributed by atoms with van der Waals surface area (Å²) in [6.45, 7) is 0.825. The van der Waals surface area contributed by atoms with Crippen LogP contribution in [0, 0.1) is 0 Å². The summed E-state index contributed by atoms with van der Waals surface area (Å²) in [5, 5.41) is 9.54. The summed E-state index contributed by atoms with van der Waals surface area (Å²) in [5.41, 5.74) is 0. The normalized spacial score (nSPS) is 29.2. The van der Waals surface area contributed by atoms with Gasteiger partial charge in [0.15, 0.2) is 0 Å². The molecule has 0 aliphatic carbocycles. The smallest absolute Gasteiger partial charge is 0.316 e. The highest BCUT2D eigenvalue weighted by Gasteiger charge is 2.39. The molecule has 2 aliphatic heterocycles. The van der Waals surface area contributed by atoms with Crippen molar-refractivity contribution in [3.63, 3.8) is 0 Å². The van der Waals surface area contributed by atoms with Crippen LogP contribution < -0.4 is 0 Å². The molecule has 1 fully saturated rings. The Morgan fingerprint density at radius 1 is 1.54 bits per heavy atom. The zero-order chi connectivity index (χ0) is 9.42. The minimum absolute atomic E-state index is 0.0697. The van der Waals surface area contributed by atoms with Crippen molar-refractivity contribution in [2.45, 2.75) is 31.9 Å². The van der Waals surface area contributed by atoms with E-state index in [1.807, 2.05) is 16.5 Å². The summed E-state index contributed by atoms with van der Waals surface area (Å²) in [6, 6.07) is 0. The number of rotatable bonds is 0. The van der Waals surface area contributed by atoms with E-state index in [0.717, 1.165) is 31.6 Å². The summed E-state index contributed by atoms with van der Waals surface area (Å²) < 4.78 is 1.82. The number of nitrogens with zero attached hydrogens (tertiary/aromatic N) is 2. The SMILES string of the molecule is C[N+]1=C2CCCCN2C(=O)CC1O. The number of fused-ring (bicyclic) bond motifs is 1. The Morgan fingerprint density at radius 3 is 3.08 bits per heavy atom. The fourth-order valence-corrected chi connectivity index (χ4v) is 2.03. The lowest BCUT2D eigenvalue weighted by Gasteiger charge is -2.29. The average Bonchev–Trinajstić information content (AvgIpc) is 2.15. The molecule has 0 aromatic heterocycles. The van der Waals surface area contributed by atoms with Crippen LogP contribution in [-0.2, 0) is 4.79 Å². The van der Waals surface area contributed by atoms with E-state index in [1.54, 1.807) is 0 Å². The second-order valence-corrected chi connectivity index (χ2v) is 3.71. The van der Waals surface area contributed by atoms with Crippen LogP contribution in [0.1, 0.15) is 25.7 Å². The number of amides is 1. The predicted octanol–water partition coefficient (Wildman–Crippen LogP) is -0.238. The maximum absolute atomic E-state index is 11.5. The lowest BCUT2D eigenvalue weighted by Crippen LogP contribution is -2.52. The molecule has 72 valence electrons. The molecule has 2 rings (SSSR count). The first-order chi connectivity index (χ1) is 6.20. The Bertz CT molecular complexity index is 273. The zero-order valence-corrected chi connectivity index (χ0v) is 7.86. The molecule has 1 unspecified atom stereocenters. The minimum atomic E-state index is -0.614. The standard InChI is InChI=1S/C9H15N2O2/c1-10-7-4-2-3-5-11(7)9(13)6-8(10)12/h8,12H,2-6H2,1H3/q+1. The van der Waals surface area contributed by atoms with Crippen LogP contribution in [-0.4, -0.2) is 46.1 Å². The molecule has 13 heavy (non-hydrogen) atoms. The van der Waals surface area contributed by atoms with Gasteiger partial charge < -0.3 is 5.11 Å². The Morgan fingerprint density at radius 2 is 2.31 bits per heavy atom. The van der Waals surface area contributed by atoms with Gasteiger partial charge in [0.25, 0.3) is 5.84 Å². The van der Waals surface area contributed by atoms with Crippen LogP contribution in [0.25, 0.3) is 0 Å². The van der Waals surface area contributed by atoms with Gasteiger partial charge in [0.1, 0.15) is 6.42 Å². The van der Waals surface area contributed by atoms with E-state index in [-0.39, 0.29) is 12.3 Å². The Balaban J connectivity index is 2.33. The number of aliphatic hydroxyl groups is 1. The average molecular weight is 183 g/mol. The van der Waals surface area contributed by atoms with E-state index in [2.05, 4.69) is 0 Å². The predicted molar refractivity (Wildman–Crippen MR) is 47.4 cm³/mol. The Hall–Kier alpha value is -0.900. The Kier molecular flexibility index (Phi) is 2.07. The molecular formula is C9H15N2O2+. The Labute approximate surface area is 77.5 Å². The summed E-state index contributed by atoms with van der Waals surface area (Å²) in [4.78, 5) is 13.3. The van der Waals surface area contributed by atoms with Crippen LogP contribution in [0.5, 0.6) is 0 Å². The monoisotopic (exact) mass is 183 g/mol. The molecular weight excluding hydrogens is 168 g/mol. The van der Waals surface area contributed by atoms with Gasteiger partial charge in [-0.3, -0.25) is 0 Å². The van der Waals surface area contributed by atoms with E-state index in [4.69, 9.17) is 0 Å². The van der Waals surface area contributed by atoms with Crippen molar-refractivity contribution in [3.05, 3.63) is 0 Å². The van der Waals surface area contributed by atoms with Crippen LogP contribution in [0.3, 0.4) is 0 Å². The summed E-state index contributed by atoms with van der Waals surface area (Å²) in [7, 11) is 1.85. The first-order valence-electron chi connectivity index (χ1n) is 4.77. The van der Waals surface area contributed by atoms with Gasteiger partial charge in [-0.15, -0.1) is 0 Å². The number of carbonyl (C=O) groups excluding carboxylic acids is 1. The number of piperidine rings is 1. The molecule has 1 saturated heterocycles. The summed E-state index contributed by atoms with van der Waals surface area (Å²) >= 11 is 0. The van der Waals surface area contributed by atoms with E-state index in [9.17, 15) is 9.90 Å². The maximum Gasteiger partial charge on any atom is 0.316 e. The lowest BCUT2D eigenvalue weighted by molar-refractivity contribution is -0.591. The first kappa shape index (κ1) is 8.69. The van der Waals surface area contributed by atoms with Gasteiger partial charge in [-0.2, -0.15) is 0 Å². The highest BCUT2D eigenvalue weighted by atomic mass is 16.3. The molecule has 0 aromatic rings. The highest BCUT2D eigenvalue weighted by molar-refractivity contribution is 5.97. The number of aliphatic hydroxyl groups excluding tert-OH is 1. The fraction of sp³-hybridized carbons (Fsp3) is 0.778. The molecule has 0 saturated carbocycles. The van der Waals surface area contributed by atoms with Gasteiger partial charge in [0.2, 0.25) is 6.23 Å². The van der Waals surface area contributed by atoms with Crippen molar-refractivity contribution in [1.82, 2.24) is 4.90 Å². The molecule has 0 aromatic carbocycles. The van der Waals surface area contributed by atoms with Gasteiger partial charge in [0.05, 0.1) is 13.6 Å². The van der Waals surface area contributed by atoms with E-state index in [1.165, 1.54) is 0 Å². The maximum atomic E-state index is 11.5. The second kappa shape index (κ2) is 3.10. The molecule has 1 atom stereocenters. The van der Waals surface area contributed by atoms with Gasteiger partial charge in [-0.05, 0) is 12.8 Å². The van der Waals surface area contributed by atoms with Gasteiger partial charge in [-0.25, -0.2) is 14.3 Å². The molecule has 1 N–H and O–H groups in total. The molecule has 4 heteroatoms. The van der Waals surface area contributed by atoms with Crippen LogP contribution in [0.15, 0.2) is 0 Å². The van der Waals surface area contributed by atoms with Crippen molar-refractivity contribution in [3.8, 4) is 0 Å². The number of carbonyl (C=O) groups is 1. The van der Waals surface area contributed by atoms with Gasteiger partial charge >= 0.3 is 5.91 Å². The fourth-order valence-electron chi connectivity index (χ4n) is 2.03. The number of hydrogen-bond acceptors (Lipinski definition) is 2. The quantitative estimate of drug-likeness (QED) is 0.527. The molecule has 0 spiro atoms. The number of amidine groups is 1. The molecule has 2 aliphatic rings. The van der Waals surface area contributed by atoms with E-state index in [0.29, 0.717) is 0 Å². The van der Waals surface area contributed by atoms with E-state index < -0.39 is 6.23 Å². The van der Waals surface area contributed by atoms with Gasteiger partial charge in [-0.1, -0.05) is 0 Å². The lowest BCUT2D eigenvalue weighted by atomic mass is 10.1. The topological polar surface area (TPSA) is 43.5 Å².